The first-order valence-electron chi connectivity index (χ1n) is 5.57. The molecule has 1 rings (SSSR count). The van der Waals surface area contributed by atoms with Crippen LogP contribution in [0.25, 0.3) is 0 Å². The van der Waals surface area contributed by atoms with Crippen LogP contribution in [0.15, 0.2) is 24.3 Å². The molecule has 0 bridgehead atoms. The van der Waals surface area contributed by atoms with Gasteiger partial charge in [0, 0.05) is 9.52 Å². The number of hydrogen-bond acceptors (Lipinski definition) is 1. The lowest BCUT2D eigenvalue weighted by Gasteiger charge is -2.27. The Morgan fingerprint density at radius 1 is 1.33 bits per heavy atom. The van der Waals surface area contributed by atoms with Gasteiger partial charge in [-0.2, -0.15) is 0 Å². The second-order valence-corrected chi connectivity index (χ2v) is 6.07. The summed E-state index contributed by atoms with van der Waals surface area (Å²) in [5.41, 5.74) is 1.09. The van der Waals surface area contributed by atoms with Gasteiger partial charge in [0.2, 0.25) is 0 Å². The third-order valence-corrected chi connectivity index (χ3v) is 4.61. The van der Waals surface area contributed by atoms with Crippen LogP contribution < -0.4 is 0 Å². The number of aromatic hydroxyl groups is 1. The molecule has 1 N–H and O–H groups in total. The minimum Gasteiger partial charge on any atom is -0.508 e. The van der Waals surface area contributed by atoms with E-state index in [-0.39, 0.29) is 0 Å². The average Bonchev–Trinajstić information content (AvgIpc) is 2.22. The summed E-state index contributed by atoms with van der Waals surface area (Å²) in [6.07, 6.45) is 3.43. The van der Waals surface area contributed by atoms with Gasteiger partial charge in [-0.25, -0.2) is 0 Å². The summed E-state index contributed by atoms with van der Waals surface area (Å²) in [4.78, 5) is 0. The van der Waals surface area contributed by atoms with Crippen LogP contribution in [-0.2, 0) is 6.42 Å². The molecule has 0 aliphatic carbocycles. The average molecular weight is 220 g/mol. The van der Waals surface area contributed by atoms with Crippen LogP contribution in [0.2, 0.25) is 11.6 Å². The zero-order chi connectivity index (χ0) is 11.3. The monoisotopic (exact) mass is 220 g/mol. The maximum absolute atomic E-state index is 9.74. The van der Waals surface area contributed by atoms with Crippen molar-refractivity contribution >= 4 is 9.52 Å². The number of phenols is 1. The molecule has 1 aromatic rings. The molecule has 2 radical (unpaired) electrons. The van der Waals surface area contributed by atoms with E-state index in [1.165, 1.54) is 12.8 Å². The van der Waals surface area contributed by atoms with Crippen LogP contribution in [0.5, 0.6) is 5.75 Å². The summed E-state index contributed by atoms with van der Waals surface area (Å²) in [6, 6.07) is 7.69. The van der Waals surface area contributed by atoms with Gasteiger partial charge in [0.05, 0.1) is 0 Å². The largest absolute Gasteiger partial charge is 0.508 e. The fraction of sp³-hybridized carbons (Fsp3) is 0.538. The van der Waals surface area contributed by atoms with Gasteiger partial charge >= 0.3 is 0 Å². The van der Waals surface area contributed by atoms with E-state index in [0.717, 1.165) is 21.5 Å². The minimum absolute atomic E-state index is 0.355. The van der Waals surface area contributed by atoms with E-state index >= 15 is 0 Å². The molecule has 0 saturated carbocycles. The molecular weight excluding hydrogens is 200 g/mol. The maximum Gasteiger partial charge on any atom is 0.118 e. The predicted octanol–water partition coefficient (Wildman–Crippen LogP) is 3.67. The lowest BCUT2D eigenvalue weighted by Crippen LogP contribution is -2.17. The predicted molar refractivity (Wildman–Crippen MR) is 66.7 cm³/mol. The first-order valence-corrected chi connectivity index (χ1v) is 7.07. The molecule has 1 nitrogen and oxygen atoms in total. The molecule has 0 aliphatic rings. The third-order valence-electron chi connectivity index (χ3n) is 2.98. The molecule has 0 saturated heterocycles. The van der Waals surface area contributed by atoms with Crippen LogP contribution >= 0.6 is 0 Å². The SMILES string of the molecule is CCCC(C)(Cc1ccccc1O)[Si]C. The molecule has 15 heavy (non-hydrogen) atoms. The first kappa shape index (κ1) is 12.3. The van der Waals surface area contributed by atoms with Crippen LogP contribution in [0, 0.1) is 0 Å². The molecule has 1 atom stereocenters. The third kappa shape index (κ3) is 3.38. The highest BCUT2D eigenvalue weighted by atomic mass is 28.2. The lowest BCUT2D eigenvalue weighted by molar-refractivity contribution is 0.456. The van der Waals surface area contributed by atoms with E-state index in [1.807, 2.05) is 18.2 Å². The van der Waals surface area contributed by atoms with Gasteiger partial charge in [-0.3, -0.25) is 0 Å². The van der Waals surface area contributed by atoms with Gasteiger partial charge in [-0.05, 0) is 23.1 Å². The van der Waals surface area contributed by atoms with Gasteiger partial charge in [0.15, 0.2) is 0 Å². The van der Waals surface area contributed by atoms with E-state index < -0.39 is 0 Å². The number of para-hydroxylation sites is 1. The molecule has 0 spiro atoms. The number of benzene rings is 1. The molecule has 1 unspecified atom stereocenters. The van der Waals surface area contributed by atoms with E-state index in [2.05, 4.69) is 20.4 Å². The van der Waals surface area contributed by atoms with Crippen molar-refractivity contribution in [2.75, 3.05) is 0 Å². The molecule has 0 heterocycles. The number of hydrogen-bond donors (Lipinski definition) is 1. The Labute approximate surface area is 95.4 Å². The molecule has 0 aromatic heterocycles. The van der Waals surface area contributed by atoms with Crippen LogP contribution in [0.3, 0.4) is 0 Å². The summed E-state index contributed by atoms with van der Waals surface area (Å²) in [7, 11) is 0.919. The Balaban J connectivity index is 2.79. The van der Waals surface area contributed by atoms with Gasteiger partial charge in [-0.15, -0.1) is 0 Å². The lowest BCUT2D eigenvalue weighted by atomic mass is 9.95. The standard InChI is InChI=1S/C13H20OSi/c1-4-9-13(2,15-3)10-11-7-5-6-8-12(11)14/h5-8,14H,4,9-10H2,1-3H3. The van der Waals surface area contributed by atoms with Crippen molar-refractivity contribution < 1.29 is 5.11 Å². The van der Waals surface area contributed by atoms with E-state index in [4.69, 9.17) is 0 Å². The Morgan fingerprint density at radius 3 is 2.53 bits per heavy atom. The summed E-state index contributed by atoms with van der Waals surface area (Å²) in [5, 5.41) is 10.1. The van der Waals surface area contributed by atoms with Gasteiger partial charge in [0.25, 0.3) is 0 Å². The van der Waals surface area contributed by atoms with Crippen molar-refractivity contribution in [2.45, 2.75) is 44.7 Å². The Morgan fingerprint density at radius 2 is 2.00 bits per heavy atom. The second kappa shape index (κ2) is 5.36. The summed E-state index contributed by atoms with van der Waals surface area (Å²) < 4.78 is 0. The molecule has 1 aromatic carbocycles. The quantitative estimate of drug-likeness (QED) is 0.751. The smallest absolute Gasteiger partial charge is 0.118 e. The van der Waals surface area contributed by atoms with Gasteiger partial charge < -0.3 is 5.11 Å². The highest BCUT2D eigenvalue weighted by Crippen LogP contribution is 2.36. The fourth-order valence-corrected chi connectivity index (χ4v) is 2.80. The first-order chi connectivity index (χ1) is 7.11. The molecule has 82 valence electrons. The summed E-state index contributed by atoms with van der Waals surface area (Å²) >= 11 is 0. The van der Waals surface area contributed by atoms with Crippen molar-refractivity contribution in [2.24, 2.45) is 0 Å². The van der Waals surface area contributed by atoms with Crippen molar-refractivity contribution in [3.05, 3.63) is 29.8 Å². The Hall–Kier alpha value is -0.763. The van der Waals surface area contributed by atoms with Crippen molar-refractivity contribution in [1.29, 1.82) is 0 Å². The topological polar surface area (TPSA) is 20.2 Å². The molecule has 0 amide bonds. The van der Waals surface area contributed by atoms with Crippen LogP contribution in [-0.4, -0.2) is 14.6 Å². The fourth-order valence-electron chi connectivity index (χ4n) is 1.93. The number of phenolic OH excluding ortho intramolecular Hbond substituents is 1. The maximum atomic E-state index is 9.74. The highest BCUT2D eigenvalue weighted by molar-refractivity contribution is 6.38. The van der Waals surface area contributed by atoms with E-state index in [0.29, 0.717) is 10.8 Å². The Bertz CT molecular complexity index is 311. The molecule has 0 fully saturated rings. The normalized spacial score (nSPS) is 14.9. The van der Waals surface area contributed by atoms with E-state index in [1.54, 1.807) is 6.07 Å². The zero-order valence-corrected chi connectivity index (χ0v) is 10.9. The minimum atomic E-state index is 0.355. The van der Waals surface area contributed by atoms with Gasteiger partial charge in [-0.1, -0.05) is 51.4 Å². The van der Waals surface area contributed by atoms with Crippen molar-refractivity contribution in [1.82, 2.24) is 0 Å². The zero-order valence-electron chi connectivity index (χ0n) is 9.88. The number of rotatable bonds is 5. The second-order valence-electron chi connectivity index (χ2n) is 4.37. The van der Waals surface area contributed by atoms with Crippen molar-refractivity contribution in [3.63, 3.8) is 0 Å². The van der Waals surface area contributed by atoms with Crippen LogP contribution in [0.4, 0.5) is 0 Å². The molecule has 0 aliphatic heterocycles. The Kier molecular flexibility index (Phi) is 4.39. The highest BCUT2D eigenvalue weighted by Gasteiger charge is 2.23. The van der Waals surface area contributed by atoms with Crippen LogP contribution in [0.1, 0.15) is 32.3 Å². The van der Waals surface area contributed by atoms with Crippen molar-refractivity contribution in [3.8, 4) is 5.75 Å². The summed E-state index contributed by atoms with van der Waals surface area (Å²) in [5.74, 6) is 0.443. The summed E-state index contributed by atoms with van der Waals surface area (Å²) in [6.45, 7) is 6.81. The van der Waals surface area contributed by atoms with Gasteiger partial charge in [0.1, 0.15) is 5.75 Å². The van der Waals surface area contributed by atoms with E-state index in [9.17, 15) is 5.11 Å². The molecule has 2 heteroatoms. The molecular formula is C13H20OSi.